The van der Waals surface area contributed by atoms with Gasteiger partial charge in [-0.2, -0.15) is 0 Å². The van der Waals surface area contributed by atoms with Crippen molar-refractivity contribution in [3.05, 3.63) is 29.8 Å². The van der Waals surface area contributed by atoms with Crippen LogP contribution < -0.4 is 10.1 Å². The minimum absolute atomic E-state index is 0.118. The van der Waals surface area contributed by atoms with E-state index in [9.17, 15) is 4.79 Å². The highest BCUT2D eigenvalue weighted by Gasteiger charge is 2.21. The third-order valence-electron chi connectivity index (χ3n) is 4.10. The Morgan fingerprint density at radius 1 is 1.29 bits per heavy atom. The monoisotopic (exact) mass is 291 g/mol. The third kappa shape index (κ3) is 4.46. The van der Waals surface area contributed by atoms with Gasteiger partial charge >= 0.3 is 0 Å². The molecule has 1 amide bonds. The topological polar surface area (TPSA) is 47.6 Å². The van der Waals surface area contributed by atoms with E-state index in [-0.39, 0.29) is 5.91 Å². The van der Waals surface area contributed by atoms with Crippen molar-refractivity contribution in [1.29, 1.82) is 0 Å². The van der Waals surface area contributed by atoms with Crippen molar-refractivity contribution in [2.24, 2.45) is 5.92 Å². The van der Waals surface area contributed by atoms with E-state index >= 15 is 0 Å². The van der Waals surface area contributed by atoms with E-state index in [1.54, 1.807) is 19.2 Å². The van der Waals surface area contributed by atoms with Gasteiger partial charge in [0.15, 0.2) is 0 Å². The summed E-state index contributed by atoms with van der Waals surface area (Å²) in [4.78, 5) is 12.1. The van der Waals surface area contributed by atoms with E-state index in [1.165, 1.54) is 19.3 Å². The molecule has 4 heteroatoms. The maximum atomic E-state index is 12.1. The molecule has 4 nitrogen and oxygen atoms in total. The first-order chi connectivity index (χ1) is 10.2. The summed E-state index contributed by atoms with van der Waals surface area (Å²) in [6, 6.07) is 7.23. The minimum Gasteiger partial charge on any atom is -0.496 e. The highest BCUT2D eigenvalue weighted by atomic mass is 16.5. The summed E-state index contributed by atoms with van der Waals surface area (Å²) in [5.41, 5.74) is 0.561. The molecule has 2 rings (SSSR count). The summed E-state index contributed by atoms with van der Waals surface area (Å²) in [6.45, 7) is 3.34. The van der Waals surface area contributed by atoms with Gasteiger partial charge in [0.25, 0.3) is 5.91 Å². The van der Waals surface area contributed by atoms with E-state index < -0.39 is 0 Å². The number of benzene rings is 1. The Morgan fingerprint density at radius 2 is 2.05 bits per heavy atom. The Labute approximate surface area is 126 Å². The van der Waals surface area contributed by atoms with E-state index in [0.29, 0.717) is 36.5 Å². The van der Waals surface area contributed by atoms with Crippen LogP contribution in [0.15, 0.2) is 24.3 Å². The molecule has 2 atom stereocenters. The van der Waals surface area contributed by atoms with E-state index in [1.807, 2.05) is 12.1 Å². The van der Waals surface area contributed by atoms with Gasteiger partial charge < -0.3 is 14.8 Å². The number of amides is 1. The summed E-state index contributed by atoms with van der Waals surface area (Å²) >= 11 is 0. The number of rotatable bonds is 6. The van der Waals surface area contributed by atoms with E-state index in [2.05, 4.69) is 12.2 Å². The summed E-state index contributed by atoms with van der Waals surface area (Å²) in [5, 5.41) is 2.88. The largest absolute Gasteiger partial charge is 0.496 e. The molecule has 1 N–H and O–H groups in total. The Hall–Kier alpha value is -1.55. The van der Waals surface area contributed by atoms with Crippen LogP contribution in [0.1, 0.15) is 43.0 Å². The van der Waals surface area contributed by atoms with Crippen molar-refractivity contribution < 1.29 is 14.3 Å². The maximum absolute atomic E-state index is 12.1. The predicted molar refractivity (Wildman–Crippen MR) is 82.7 cm³/mol. The quantitative estimate of drug-likeness (QED) is 0.820. The van der Waals surface area contributed by atoms with Crippen LogP contribution in [0.5, 0.6) is 5.75 Å². The van der Waals surface area contributed by atoms with Gasteiger partial charge in [-0.25, -0.2) is 0 Å². The smallest absolute Gasteiger partial charge is 0.255 e. The lowest BCUT2D eigenvalue weighted by molar-refractivity contribution is -0.00294. The number of hydrogen-bond donors (Lipinski definition) is 1. The van der Waals surface area contributed by atoms with Crippen LogP contribution in [0, 0.1) is 5.92 Å². The molecule has 0 heterocycles. The molecule has 1 aromatic rings. The molecular weight excluding hydrogens is 266 g/mol. The molecule has 0 radical (unpaired) electrons. The molecule has 2 unspecified atom stereocenters. The van der Waals surface area contributed by atoms with E-state index in [4.69, 9.17) is 9.47 Å². The van der Waals surface area contributed by atoms with Crippen LogP contribution in [0.25, 0.3) is 0 Å². The zero-order chi connectivity index (χ0) is 15.1. The molecule has 1 aliphatic rings. The molecule has 21 heavy (non-hydrogen) atoms. The Kier molecular flexibility index (Phi) is 6.05. The van der Waals surface area contributed by atoms with Gasteiger partial charge in [0.2, 0.25) is 0 Å². The second-order valence-electron chi connectivity index (χ2n) is 5.63. The molecular formula is C17H25NO3. The molecule has 1 fully saturated rings. The molecule has 0 spiro atoms. The number of carbonyl (C=O) groups is 1. The zero-order valence-corrected chi connectivity index (χ0v) is 12.9. The highest BCUT2D eigenvalue weighted by Crippen LogP contribution is 2.26. The molecule has 1 aliphatic carbocycles. The highest BCUT2D eigenvalue weighted by molar-refractivity contribution is 5.96. The number of nitrogens with one attached hydrogen (secondary N) is 1. The first-order valence-corrected chi connectivity index (χ1v) is 7.75. The Bertz CT molecular complexity index is 461. The second kappa shape index (κ2) is 8.03. The first kappa shape index (κ1) is 15.8. The number of methoxy groups -OCH3 is 1. The summed E-state index contributed by atoms with van der Waals surface area (Å²) in [6.07, 6.45) is 5.30. The first-order valence-electron chi connectivity index (χ1n) is 7.75. The van der Waals surface area contributed by atoms with Gasteiger partial charge in [-0.05, 0) is 30.9 Å². The lowest BCUT2D eigenvalue weighted by atomic mass is 9.88. The fourth-order valence-electron chi connectivity index (χ4n) is 2.83. The molecule has 1 saturated carbocycles. The number of ether oxygens (including phenoxy) is 2. The van der Waals surface area contributed by atoms with Gasteiger partial charge in [0, 0.05) is 6.54 Å². The molecule has 116 valence electrons. The van der Waals surface area contributed by atoms with Crippen LogP contribution in [0.3, 0.4) is 0 Å². The van der Waals surface area contributed by atoms with Crippen LogP contribution in [-0.4, -0.2) is 32.3 Å². The van der Waals surface area contributed by atoms with Crippen LogP contribution in [0.2, 0.25) is 0 Å². The maximum Gasteiger partial charge on any atom is 0.255 e. The van der Waals surface area contributed by atoms with Crippen LogP contribution >= 0.6 is 0 Å². The van der Waals surface area contributed by atoms with Gasteiger partial charge in [-0.1, -0.05) is 31.9 Å². The molecule has 1 aromatic carbocycles. The fourth-order valence-corrected chi connectivity index (χ4v) is 2.83. The lowest BCUT2D eigenvalue weighted by Gasteiger charge is -2.28. The number of para-hydroxylation sites is 1. The molecule has 0 aliphatic heterocycles. The average molecular weight is 291 g/mol. The van der Waals surface area contributed by atoms with Gasteiger partial charge in [0.1, 0.15) is 5.75 Å². The second-order valence-corrected chi connectivity index (χ2v) is 5.63. The molecule has 0 saturated heterocycles. The average Bonchev–Trinajstić information content (AvgIpc) is 2.52. The normalized spacial score (nSPS) is 21.8. The van der Waals surface area contributed by atoms with Crippen molar-refractivity contribution in [1.82, 2.24) is 5.32 Å². The Balaban J connectivity index is 1.74. The SMILES string of the molecule is COc1ccccc1C(=O)NCCOC1CCCCC1C. The van der Waals surface area contributed by atoms with Crippen molar-refractivity contribution in [2.75, 3.05) is 20.3 Å². The van der Waals surface area contributed by atoms with Crippen molar-refractivity contribution in [3.63, 3.8) is 0 Å². The zero-order valence-electron chi connectivity index (χ0n) is 12.9. The van der Waals surface area contributed by atoms with Crippen molar-refractivity contribution in [3.8, 4) is 5.75 Å². The van der Waals surface area contributed by atoms with Gasteiger partial charge in [-0.3, -0.25) is 4.79 Å². The predicted octanol–water partition coefficient (Wildman–Crippen LogP) is 3.02. The lowest BCUT2D eigenvalue weighted by Crippen LogP contribution is -2.32. The summed E-state index contributed by atoms with van der Waals surface area (Å²) in [5.74, 6) is 1.10. The number of hydrogen-bond acceptors (Lipinski definition) is 3. The van der Waals surface area contributed by atoms with Crippen LogP contribution in [0.4, 0.5) is 0 Å². The van der Waals surface area contributed by atoms with E-state index in [0.717, 1.165) is 6.42 Å². The van der Waals surface area contributed by atoms with Gasteiger partial charge in [0.05, 0.1) is 25.4 Å². The van der Waals surface area contributed by atoms with Crippen LogP contribution in [-0.2, 0) is 4.74 Å². The fraction of sp³-hybridized carbons (Fsp3) is 0.588. The summed E-state index contributed by atoms with van der Waals surface area (Å²) < 4.78 is 11.1. The van der Waals surface area contributed by atoms with Gasteiger partial charge in [-0.15, -0.1) is 0 Å². The summed E-state index contributed by atoms with van der Waals surface area (Å²) in [7, 11) is 1.57. The third-order valence-corrected chi connectivity index (χ3v) is 4.10. The molecule has 0 aromatic heterocycles. The standard InChI is InChI=1S/C17H25NO3/c1-13-7-3-5-9-15(13)21-12-11-18-17(19)14-8-4-6-10-16(14)20-2/h4,6,8,10,13,15H,3,5,7,9,11-12H2,1-2H3,(H,18,19). The van der Waals surface area contributed by atoms with Crippen molar-refractivity contribution >= 4 is 5.91 Å². The number of carbonyl (C=O) groups excluding carboxylic acids is 1. The Morgan fingerprint density at radius 3 is 2.81 bits per heavy atom. The molecule has 0 bridgehead atoms. The van der Waals surface area contributed by atoms with Crippen molar-refractivity contribution in [2.45, 2.75) is 38.7 Å². The minimum atomic E-state index is -0.118.